The zero-order valence-electron chi connectivity index (χ0n) is 12.6. The van der Waals surface area contributed by atoms with Crippen molar-refractivity contribution in [2.24, 2.45) is 22.1 Å². The molecule has 4 N–H and O–H groups in total. The summed E-state index contributed by atoms with van der Waals surface area (Å²) >= 11 is 0. The van der Waals surface area contributed by atoms with Crippen LogP contribution in [0.15, 0.2) is 23.2 Å². The Hall–Kier alpha value is -2.13. The van der Waals surface area contributed by atoms with Crippen LogP contribution in [-0.4, -0.2) is 18.5 Å². The SMILES string of the molecule is C[C@H]1OC[C@]2(c3cc(N)ccc3F)N=C(N)[C@@](C)(C#N)C[C@H]12. The highest BCUT2D eigenvalue weighted by Gasteiger charge is 2.57. The molecule has 1 saturated heterocycles. The van der Waals surface area contributed by atoms with Crippen molar-refractivity contribution in [2.45, 2.75) is 31.9 Å². The van der Waals surface area contributed by atoms with E-state index < -0.39 is 11.0 Å². The van der Waals surface area contributed by atoms with Crippen molar-refractivity contribution in [3.8, 4) is 6.07 Å². The third-order valence-corrected chi connectivity index (χ3v) is 4.96. The average molecular weight is 302 g/mol. The Kier molecular flexibility index (Phi) is 3.15. The molecule has 2 aliphatic rings. The molecular formula is C16H19FN4O. The highest BCUT2D eigenvalue weighted by Crippen LogP contribution is 2.52. The molecule has 5 nitrogen and oxygen atoms in total. The maximum atomic E-state index is 14.4. The average Bonchev–Trinajstić information content (AvgIpc) is 2.80. The largest absolute Gasteiger partial charge is 0.399 e. The predicted octanol–water partition coefficient (Wildman–Crippen LogP) is 1.93. The number of ether oxygens (including phenoxy) is 1. The fourth-order valence-corrected chi connectivity index (χ4v) is 3.52. The number of nitriles is 1. The van der Waals surface area contributed by atoms with Gasteiger partial charge in [0, 0.05) is 17.2 Å². The summed E-state index contributed by atoms with van der Waals surface area (Å²) in [5, 5.41) is 9.43. The first-order valence-corrected chi connectivity index (χ1v) is 7.26. The zero-order chi connectivity index (χ0) is 16.1. The summed E-state index contributed by atoms with van der Waals surface area (Å²) in [7, 11) is 0. The van der Waals surface area contributed by atoms with Crippen LogP contribution < -0.4 is 11.5 Å². The molecule has 6 heteroatoms. The minimum Gasteiger partial charge on any atom is -0.399 e. The normalized spacial score (nSPS) is 37.3. The number of halogens is 1. The lowest BCUT2D eigenvalue weighted by Crippen LogP contribution is -2.49. The first-order chi connectivity index (χ1) is 10.3. The Labute approximate surface area is 128 Å². The van der Waals surface area contributed by atoms with Crippen molar-refractivity contribution in [3.05, 3.63) is 29.6 Å². The van der Waals surface area contributed by atoms with Gasteiger partial charge in [0.2, 0.25) is 0 Å². The Balaban J connectivity index is 2.22. The molecule has 1 fully saturated rings. The maximum absolute atomic E-state index is 14.4. The van der Waals surface area contributed by atoms with E-state index in [0.29, 0.717) is 17.7 Å². The summed E-state index contributed by atoms with van der Waals surface area (Å²) in [5.41, 5.74) is 11.0. The second kappa shape index (κ2) is 4.68. The summed E-state index contributed by atoms with van der Waals surface area (Å²) in [4.78, 5) is 4.57. The van der Waals surface area contributed by atoms with Crippen molar-refractivity contribution in [2.75, 3.05) is 12.3 Å². The lowest BCUT2D eigenvalue weighted by Gasteiger charge is -2.41. The van der Waals surface area contributed by atoms with E-state index >= 15 is 0 Å². The molecule has 0 radical (unpaired) electrons. The number of nitrogens with two attached hydrogens (primary N) is 2. The molecule has 2 aliphatic heterocycles. The van der Waals surface area contributed by atoms with E-state index in [9.17, 15) is 9.65 Å². The second-order valence-corrected chi connectivity index (χ2v) is 6.43. The van der Waals surface area contributed by atoms with Crippen LogP contribution in [0.3, 0.4) is 0 Å². The van der Waals surface area contributed by atoms with Crippen molar-refractivity contribution < 1.29 is 9.13 Å². The number of amidine groups is 1. The smallest absolute Gasteiger partial charge is 0.129 e. The standard InChI is InChI=1S/C16H19FN4O/c1-9-12-6-15(2,7-18)14(20)21-16(12,8-22-9)11-5-10(19)3-4-13(11)17/h3-5,9,12H,6,8,19H2,1-2H3,(H2,20,21)/t9-,12-,15-,16-/m1/s1. The highest BCUT2D eigenvalue weighted by atomic mass is 19.1. The zero-order valence-corrected chi connectivity index (χ0v) is 12.6. The van der Waals surface area contributed by atoms with Crippen LogP contribution >= 0.6 is 0 Å². The topological polar surface area (TPSA) is 97.4 Å². The number of anilines is 1. The van der Waals surface area contributed by atoms with Gasteiger partial charge in [-0.1, -0.05) is 0 Å². The van der Waals surface area contributed by atoms with Crippen LogP contribution in [-0.2, 0) is 10.3 Å². The molecule has 2 heterocycles. The summed E-state index contributed by atoms with van der Waals surface area (Å²) in [5.74, 6) is -0.277. The van der Waals surface area contributed by atoms with E-state index in [2.05, 4.69) is 11.1 Å². The molecule has 0 aromatic heterocycles. The molecular weight excluding hydrogens is 283 g/mol. The fourth-order valence-electron chi connectivity index (χ4n) is 3.52. The van der Waals surface area contributed by atoms with E-state index in [-0.39, 0.29) is 30.3 Å². The van der Waals surface area contributed by atoms with Crippen LogP contribution in [0.1, 0.15) is 25.8 Å². The molecule has 0 amide bonds. The Morgan fingerprint density at radius 2 is 2.18 bits per heavy atom. The number of rotatable bonds is 1. The lowest BCUT2D eigenvalue weighted by atomic mass is 9.67. The molecule has 22 heavy (non-hydrogen) atoms. The molecule has 1 aromatic rings. The number of hydrogen-bond donors (Lipinski definition) is 2. The lowest BCUT2D eigenvalue weighted by molar-refractivity contribution is 0.0996. The van der Waals surface area contributed by atoms with Gasteiger partial charge in [0.25, 0.3) is 0 Å². The second-order valence-electron chi connectivity index (χ2n) is 6.43. The quantitative estimate of drug-likeness (QED) is 0.774. The van der Waals surface area contributed by atoms with Gasteiger partial charge in [0.05, 0.1) is 18.8 Å². The number of nitrogens with zero attached hydrogens (tertiary/aromatic N) is 2. The van der Waals surface area contributed by atoms with Gasteiger partial charge in [-0.2, -0.15) is 5.26 Å². The molecule has 4 atom stereocenters. The third kappa shape index (κ3) is 1.89. The van der Waals surface area contributed by atoms with E-state index in [1.807, 2.05) is 6.92 Å². The number of benzene rings is 1. The number of aliphatic imine (C=N–C) groups is 1. The highest BCUT2D eigenvalue weighted by molar-refractivity contribution is 5.90. The summed E-state index contributed by atoms with van der Waals surface area (Å²) in [6.07, 6.45) is 0.346. The van der Waals surface area contributed by atoms with Gasteiger partial charge >= 0.3 is 0 Å². The van der Waals surface area contributed by atoms with Crippen LogP contribution in [0.4, 0.5) is 10.1 Å². The number of fused-ring (bicyclic) bond motifs is 1. The first-order valence-electron chi connectivity index (χ1n) is 7.26. The van der Waals surface area contributed by atoms with E-state index in [0.717, 1.165) is 0 Å². The number of hydrogen-bond acceptors (Lipinski definition) is 5. The molecule has 0 bridgehead atoms. The van der Waals surface area contributed by atoms with Gasteiger partial charge in [0.1, 0.15) is 22.6 Å². The van der Waals surface area contributed by atoms with Crippen LogP contribution in [0, 0.1) is 28.5 Å². The molecule has 3 rings (SSSR count). The Morgan fingerprint density at radius 3 is 2.86 bits per heavy atom. The monoisotopic (exact) mass is 302 g/mol. The molecule has 0 spiro atoms. The van der Waals surface area contributed by atoms with Crippen molar-refractivity contribution in [1.29, 1.82) is 5.26 Å². The van der Waals surface area contributed by atoms with E-state index in [1.54, 1.807) is 13.0 Å². The third-order valence-electron chi connectivity index (χ3n) is 4.96. The van der Waals surface area contributed by atoms with Gasteiger partial charge < -0.3 is 16.2 Å². The van der Waals surface area contributed by atoms with Gasteiger partial charge in [-0.15, -0.1) is 0 Å². The van der Waals surface area contributed by atoms with Crippen LogP contribution in [0.2, 0.25) is 0 Å². The summed E-state index contributed by atoms with van der Waals surface area (Å²) in [6, 6.07) is 6.67. The van der Waals surface area contributed by atoms with Crippen LogP contribution in [0.25, 0.3) is 0 Å². The molecule has 1 aromatic carbocycles. The minimum atomic E-state index is -0.903. The first kappa shape index (κ1) is 14.8. The van der Waals surface area contributed by atoms with E-state index in [4.69, 9.17) is 16.2 Å². The summed E-state index contributed by atoms with van der Waals surface area (Å²) < 4.78 is 20.2. The van der Waals surface area contributed by atoms with Gasteiger partial charge in [-0.25, -0.2) is 4.39 Å². The molecule has 116 valence electrons. The minimum absolute atomic E-state index is 0.124. The molecule has 0 aliphatic carbocycles. The predicted molar refractivity (Wildman–Crippen MR) is 81.4 cm³/mol. The Morgan fingerprint density at radius 1 is 1.45 bits per heavy atom. The van der Waals surface area contributed by atoms with Gasteiger partial charge in [-0.3, -0.25) is 4.99 Å². The number of nitrogen functional groups attached to an aromatic ring is 1. The van der Waals surface area contributed by atoms with Crippen molar-refractivity contribution in [1.82, 2.24) is 0 Å². The fraction of sp³-hybridized carbons (Fsp3) is 0.500. The Bertz CT molecular complexity index is 698. The molecule has 0 unspecified atom stereocenters. The van der Waals surface area contributed by atoms with Crippen LogP contribution in [0.5, 0.6) is 0 Å². The molecule has 0 saturated carbocycles. The van der Waals surface area contributed by atoms with Gasteiger partial charge in [-0.05, 0) is 38.5 Å². The van der Waals surface area contributed by atoms with Crippen molar-refractivity contribution >= 4 is 11.5 Å². The summed E-state index contributed by atoms with van der Waals surface area (Å²) in [6.45, 7) is 3.92. The van der Waals surface area contributed by atoms with E-state index in [1.165, 1.54) is 12.1 Å². The maximum Gasteiger partial charge on any atom is 0.129 e. The van der Waals surface area contributed by atoms with Crippen molar-refractivity contribution in [3.63, 3.8) is 0 Å². The van der Waals surface area contributed by atoms with Gasteiger partial charge in [0.15, 0.2) is 0 Å².